The summed E-state index contributed by atoms with van der Waals surface area (Å²) in [6.07, 6.45) is 4.59. The summed E-state index contributed by atoms with van der Waals surface area (Å²) in [6.45, 7) is 5.78. The number of amides is 1. The van der Waals surface area contributed by atoms with Gasteiger partial charge in [0.05, 0.1) is 0 Å². The molecule has 1 aromatic heterocycles. The summed E-state index contributed by atoms with van der Waals surface area (Å²) in [5.74, 6) is 1.47. The third-order valence-electron chi connectivity index (χ3n) is 4.57. The molecule has 6 heteroatoms. The molecule has 0 spiro atoms. The van der Waals surface area contributed by atoms with Gasteiger partial charge in [0, 0.05) is 38.3 Å². The van der Waals surface area contributed by atoms with Gasteiger partial charge in [-0.2, -0.15) is 0 Å². The molecule has 120 valence electrons. The molecule has 2 aliphatic rings. The van der Waals surface area contributed by atoms with Crippen LogP contribution in [0.4, 0.5) is 5.82 Å². The van der Waals surface area contributed by atoms with E-state index < -0.39 is 0 Å². The number of rotatable bonds is 3. The lowest BCUT2D eigenvalue weighted by Crippen LogP contribution is -2.45. The van der Waals surface area contributed by atoms with Gasteiger partial charge in [0.25, 0.3) is 5.91 Å². The molecule has 1 aromatic rings. The number of aryl methyl sites for hydroxylation is 1. The first-order valence-corrected chi connectivity index (χ1v) is 8.22. The molecule has 1 amide bonds. The third kappa shape index (κ3) is 3.55. The zero-order valence-electron chi connectivity index (χ0n) is 13.5. The van der Waals surface area contributed by atoms with Gasteiger partial charge in [0.15, 0.2) is 0 Å². The number of anilines is 1. The van der Waals surface area contributed by atoms with Gasteiger partial charge in [0.1, 0.15) is 17.3 Å². The molecule has 0 atom stereocenters. The van der Waals surface area contributed by atoms with Gasteiger partial charge < -0.3 is 15.1 Å². The summed E-state index contributed by atoms with van der Waals surface area (Å²) in [5.41, 5.74) is 0.494. The van der Waals surface area contributed by atoms with Crippen LogP contribution < -0.4 is 10.2 Å². The lowest BCUT2D eigenvalue weighted by molar-refractivity contribution is 0.0932. The Balaban J connectivity index is 1.72. The summed E-state index contributed by atoms with van der Waals surface area (Å²) in [5, 5.41) is 3.10. The normalized spacial score (nSPS) is 20.4. The second kappa shape index (κ2) is 6.60. The number of aromatic nitrogens is 2. The number of hydrogen-bond acceptors (Lipinski definition) is 5. The van der Waals surface area contributed by atoms with Crippen LogP contribution in [0.1, 0.15) is 42.0 Å². The van der Waals surface area contributed by atoms with Gasteiger partial charge in [-0.1, -0.05) is 12.8 Å². The quantitative estimate of drug-likeness (QED) is 0.909. The predicted molar refractivity (Wildman–Crippen MR) is 86.2 cm³/mol. The smallest absolute Gasteiger partial charge is 0.270 e. The zero-order valence-corrected chi connectivity index (χ0v) is 13.5. The molecule has 2 heterocycles. The van der Waals surface area contributed by atoms with Crippen LogP contribution in [-0.4, -0.2) is 60.0 Å². The van der Waals surface area contributed by atoms with Gasteiger partial charge in [-0.15, -0.1) is 0 Å². The van der Waals surface area contributed by atoms with Crippen molar-refractivity contribution < 1.29 is 4.79 Å². The van der Waals surface area contributed by atoms with Crippen LogP contribution in [0.2, 0.25) is 0 Å². The van der Waals surface area contributed by atoms with Crippen molar-refractivity contribution in [3.63, 3.8) is 0 Å². The molecule has 6 nitrogen and oxygen atoms in total. The first kappa shape index (κ1) is 15.2. The minimum absolute atomic E-state index is 0.0622. The molecule has 0 bridgehead atoms. The van der Waals surface area contributed by atoms with E-state index in [0.29, 0.717) is 17.6 Å². The van der Waals surface area contributed by atoms with E-state index >= 15 is 0 Å². The third-order valence-corrected chi connectivity index (χ3v) is 4.57. The maximum Gasteiger partial charge on any atom is 0.270 e. The van der Waals surface area contributed by atoms with Crippen molar-refractivity contribution in [2.24, 2.45) is 0 Å². The Bertz CT molecular complexity index is 533. The highest BCUT2D eigenvalue weighted by Crippen LogP contribution is 2.19. The van der Waals surface area contributed by atoms with Crippen LogP contribution in [0.5, 0.6) is 0 Å². The highest BCUT2D eigenvalue weighted by Gasteiger charge is 2.21. The van der Waals surface area contributed by atoms with Crippen LogP contribution >= 0.6 is 0 Å². The molecular weight excluding hydrogens is 278 g/mol. The van der Waals surface area contributed by atoms with Crippen molar-refractivity contribution in [3.8, 4) is 0 Å². The topological polar surface area (TPSA) is 61.4 Å². The van der Waals surface area contributed by atoms with E-state index in [9.17, 15) is 4.79 Å². The lowest BCUT2D eigenvalue weighted by atomic mass is 10.2. The summed E-state index contributed by atoms with van der Waals surface area (Å²) >= 11 is 0. The van der Waals surface area contributed by atoms with Crippen molar-refractivity contribution >= 4 is 11.7 Å². The van der Waals surface area contributed by atoms with Crippen molar-refractivity contribution in [2.45, 2.75) is 38.6 Å². The fourth-order valence-electron chi connectivity index (χ4n) is 3.20. The van der Waals surface area contributed by atoms with E-state index in [1.54, 1.807) is 0 Å². The van der Waals surface area contributed by atoms with E-state index in [2.05, 4.69) is 32.1 Å². The van der Waals surface area contributed by atoms with Crippen LogP contribution in [0.15, 0.2) is 6.07 Å². The number of carbonyl (C=O) groups excluding carboxylic acids is 1. The standard InChI is InChI=1S/C16H25N5O/c1-12-17-14(16(22)19-13-5-3-4-6-13)11-15(18-12)21-9-7-20(2)8-10-21/h11,13H,3-10H2,1-2H3,(H,19,22). The Kier molecular flexibility index (Phi) is 4.57. The van der Waals surface area contributed by atoms with Crippen LogP contribution in [0.25, 0.3) is 0 Å². The second-order valence-corrected chi connectivity index (χ2v) is 6.40. The minimum atomic E-state index is -0.0622. The minimum Gasteiger partial charge on any atom is -0.354 e. The van der Waals surface area contributed by atoms with Crippen molar-refractivity contribution in [3.05, 3.63) is 17.6 Å². The molecule has 3 rings (SSSR count). The summed E-state index contributed by atoms with van der Waals surface area (Å²) in [4.78, 5) is 25.8. The maximum atomic E-state index is 12.4. The Morgan fingerprint density at radius 1 is 1.18 bits per heavy atom. The number of piperazine rings is 1. The van der Waals surface area contributed by atoms with E-state index in [-0.39, 0.29) is 5.91 Å². The van der Waals surface area contributed by atoms with Gasteiger partial charge in [0.2, 0.25) is 0 Å². The first-order valence-electron chi connectivity index (χ1n) is 8.22. The van der Waals surface area contributed by atoms with Gasteiger partial charge in [-0.3, -0.25) is 4.79 Å². The summed E-state index contributed by atoms with van der Waals surface area (Å²) in [7, 11) is 2.13. The van der Waals surface area contributed by atoms with E-state index in [0.717, 1.165) is 44.8 Å². The number of hydrogen-bond donors (Lipinski definition) is 1. The Labute approximate surface area is 131 Å². The largest absolute Gasteiger partial charge is 0.354 e. The molecular formula is C16H25N5O. The number of carbonyl (C=O) groups is 1. The highest BCUT2D eigenvalue weighted by atomic mass is 16.1. The Morgan fingerprint density at radius 2 is 1.86 bits per heavy atom. The van der Waals surface area contributed by atoms with Crippen LogP contribution in [0.3, 0.4) is 0 Å². The summed E-state index contributed by atoms with van der Waals surface area (Å²) in [6, 6.07) is 2.15. The molecule has 1 saturated heterocycles. The maximum absolute atomic E-state index is 12.4. The van der Waals surface area contributed by atoms with Crippen LogP contribution in [-0.2, 0) is 0 Å². The lowest BCUT2D eigenvalue weighted by Gasteiger charge is -2.33. The molecule has 1 N–H and O–H groups in total. The monoisotopic (exact) mass is 303 g/mol. The SMILES string of the molecule is Cc1nc(C(=O)NC2CCCC2)cc(N2CCN(C)CC2)n1. The van der Waals surface area contributed by atoms with Crippen molar-refractivity contribution in [1.29, 1.82) is 0 Å². The number of likely N-dealkylation sites (N-methyl/N-ethyl adjacent to an activating group) is 1. The molecule has 0 radical (unpaired) electrons. The van der Waals surface area contributed by atoms with Gasteiger partial charge >= 0.3 is 0 Å². The van der Waals surface area contributed by atoms with E-state index in [1.807, 2.05) is 13.0 Å². The highest BCUT2D eigenvalue weighted by molar-refractivity contribution is 5.93. The molecule has 1 aliphatic heterocycles. The fraction of sp³-hybridized carbons (Fsp3) is 0.688. The van der Waals surface area contributed by atoms with Crippen molar-refractivity contribution in [2.75, 3.05) is 38.1 Å². The fourth-order valence-corrected chi connectivity index (χ4v) is 3.20. The molecule has 0 aromatic carbocycles. The Morgan fingerprint density at radius 3 is 2.55 bits per heavy atom. The van der Waals surface area contributed by atoms with Gasteiger partial charge in [-0.05, 0) is 26.8 Å². The van der Waals surface area contributed by atoms with Crippen molar-refractivity contribution in [1.82, 2.24) is 20.2 Å². The molecule has 22 heavy (non-hydrogen) atoms. The molecule has 1 aliphatic carbocycles. The van der Waals surface area contributed by atoms with Crippen LogP contribution in [0, 0.1) is 6.92 Å². The second-order valence-electron chi connectivity index (χ2n) is 6.40. The molecule has 2 fully saturated rings. The average molecular weight is 303 g/mol. The predicted octanol–water partition coefficient (Wildman–Crippen LogP) is 1.21. The van der Waals surface area contributed by atoms with E-state index in [4.69, 9.17) is 0 Å². The number of nitrogens with one attached hydrogen (secondary N) is 1. The van der Waals surface area contributed by atoms with Gasteiger partial charge in [-0.25, -0.2) is 9.97 Å². The first-order chi connectivity index (χ1) is 10.6. The number of nitrogens with zero attached hydrogens (tertiary/aromatic N) is 4. The average Bonchev–Trinajstić information content (AvgIpc) is 3.00. The Hall–Kier alpha value is -1.69. The molecule has 0 unspecified atom stereocenters. The van der Waals surface area contributed by atoms with E-state index in [1.165, 1.54) is 12.8 Å². The zero-order chi connectivity index (χ0) is 15.5. The summed E-state index contributed by atoms with van der Waals surface area (Å²) < 4.78 is 0. The molecule has 1 saturated carbocycles.